The molecule has 0 aliphatic heterocycles. The first kappa shape index (κ1) is 13.0. The van der Waals surface area contributed by atoms with Crippen LogP contribution < -0.4 is 5.73 Å². The Morgan fingerprint density at radius 2 is 2.12 bits per heavy atom. The summed E-state index contributed by atoms with van der Waals surface area (Å²) in [5, 5.41) is 3.48. The summed E-state index contributed by atoms with van der Waals surface area (Å²) in [6, 6.07) is 0. The average molecular weight is 252 g/mol. The molecule has 1 saturated carbocycles. The van der Waals surface area contributed by atoms with E-state index in [4.69, 9.17) is 10.7 Å². The summed E-state index contributed by atoms with van der Waals surface area (Å²) >= 11 is 1.80. The quantitative estimate of drug-likeness (QED) is 0.890. The van der Waals surface area contributed by atoms with Crippen LogP contribution in [0.3, 0.4) is 0 Å². The predicted octanol–water partition coefficient (Wildman–Crippen LogP) is 3.55. The fourth-order valence-electron chi connectivity index (χ4n) is 2.20. The fourth-order valence-corrected chi connectivity index (χ4v) is 2.99. The first-order chi connectivity index (χ1) is 7.86. The Morgan fingerprint density at radius 3 is 2.65 bits per heavy atom. The van der Waals surface area contributed by atoms with Gasteiger partial charge in [-0.15, -0.1) is 11.3 Å². The molecule has 0 saturated heterocycles. The van der Waals surface area contributed by atoms with Crippen molar-refractivity contribution in [3.05, 3.63) is 16.1 Å². The zero-order valence-corrected chi connectivity index (χ0v) is 12.1. The van der Waals surface area contributed by atoms with Crippen molar-refractivity contribution < 1.29 is 0 Å². The fraction of sp³-hybridized carbons (Fsp3) is 0.786. The van der Waals surface area contributed by atoms with E-state index in [0.29, 0.717) is 5.41 Å². The highest BCUT2D eigenvalue weighted by atomic mass is 32.1. The van der Waals surface area contributed by atoms with Gasteiger partial charge >= 0.3 is 0 Å². The molecule has 3 heteroatoms. The van der Waals surface area contributed by atoms with Gasteiger partial charge in [0.25, 0.3) is 0 Å². The van der Waals surface area contributed by atoms with Gasteiger partial charge in [-0.2, -0.15) is 0 Å². The molecular weight excluding hydrogens is 228 g/mol. The second-order valence-electron chi connectivity index (χ2n) is 6.69. The molecule has 1 heterocycles. The van der Waals surface area contributed by atoms with Gasteiger partial charge < -0.3 is 5.73 Å². The highest BCUT2D eigenvalue weighted by Crippen LogP contribution is 2.32. The molecule has 1 aromatic heterocycles. The topological polar surface area (TPSA) is 38.9 Å². The molecule has 0 radical (unpaired) electrons. The number of hydrogen-bond donors (Lipinski definition) is 1. The van der Waals surface area contributed by atoms with E-state index in [1.807, 2.05) is 0 Å². The number of nitrogens with zero attached hydrogens (tertiary/aromatic N) is 1. The second-order valence-corrected chi connectivity index (χ2v) is 7.63. The summed E-state index contributed by atoms with van der Waals surface area (Å²) in [7, 11) is 0. The van der Waals surface area contributed by atoms with Crippen LogP contribution in [0.25, 0.3) is 0 Å². The van der Waals surface area contributed by atoms with Crippen LogP contribution in [-0.2, 0) is 12.8 Å². The lowest BCUT2D eigenvalue weighted by Gasteiger charge is -2.37. The number of nitrogens with two attached hydrogens (primary N) is 1. The summed E-state index contributed by atoms with van der Waals surface area (Å²) in [6.45, 7) is 6.85. The van der Waals surface area contributed by atoms with E-state index in [1.54, 1.807) is 11.3 Å². The lowest BCUT2D eigenvalue weighted by Crippen LogP contribution is -2.48. The van der Waals surface area contributed by atoms with Crippen molar-refractivity contribution >= 4 is 11.3 Å². The van der Waals surface area contributed by atoms with Crippen LogP contribution in [0.1, 0.15) is 57.2 Å². The Hall–Kier alpha value is -0.410. The first-order valence-electron chi connectivity index (χ1n) is 6.59. The molecule has 2 N–H and O–H groups in total. The molecule has 0 atom stereocenters. The Bertz CT molecular complexity index is 372. The van der Waals surface area contributed by atoms with Crippen LogP contribution in [0, 0.1) is 5.41 Å². The summed E-state index contributed by atoms with van der Waals surface area (Å²) < 4.78 is 0. The van der Waals surface area contributed by atoms with Crippen molar-refractivity contribution in [3.8, 4) is 0 Å². The number of aryl methyl sites for hydroxylation is 1. The van der Waals surface area contributed by atoms with E-state index in [1.165, 1.54) is 36.4 Å². The highest BCUT2D eigenvalue weighted by Gasteiger charge is 2.33. The van der Waals surface area contributed by atoms with Crippen LogP contribution in [0.4, 0.5) is 0 Å². The normalized spacial score (nSPS) is 19.1. The van der Waals surface area contributed by atoms with Gasteiger partial charge in [0.15, 0.2) is 0 Å². The molecule has 0 amide bonds. The predicted molar refractivity (Wildman–Crippen MR) is 74.4 cm³/mol. The van der Waals surface area contributed by atoms with Crippen LogP contribution in [0.5, 0.6) is 0 Å². The molecule has 0 spiro atoms. The van der Waals surface area contributed by atoms with Crippen LogP contribution in [0.15, 0.2) is 5.38 Å². The minimum Gasteiger partial charge on any atom is -0.325 e. The van der Waals surface area contributed by atoms with Gasteiger partial charge in [0.05, 0.1) is 10.7 Å². The van der Waals surface area contributed by atoms with Gasteiger partial charge in [0.2, 0.25) is 0 Å². The maximum atomic E-state index is 6.25. The second kappa shape index (κ2) is 4.69. The largest absolute Gasteiger partial charge is 0.325 e. The van der Waals surface area contributed by atoms with Gasteiger partial charge in [-0.1, -0.05) is 20.8 Å². The molecule has 96 valence electrons. The minimum absolute atomic E-state index is 0.0649. The number of aromatic nitrogens is 1. The van der Waals surface area contributed by atoms with E-state index < -0.39 is 0 Å². The third-order valence-corrected chi connectivity index (χ3v) is 4.53. The Labute approximate surface area is 109 Å². The van der Waals surface area contributed by atoms with Crippen molar-refractivity contribution in [2.75, 3.05) is 0 Å². The average Bonchev–Trinajstić information content (AvgIpc) is 2.59. The zero-order chi connectivity index (χ0) is 12.5. The Balaban J connectivity index is 1.87. The van der Waals surface area contributed by atoms with Crippen molar-refractivity contribution in [2.24, 2.45) is 11.1 Å². The number of thiazole rings is 1. The number of rotatable bonds is 4. The summed E-state index contributed by atoms with van der Waals surface area (Å²) in [4.78, 5) is 4.72. The highest BCUT2D eigenvalue weighted by molar-refractivity contribution is 7.09. The van der Waals surface area contributed by atoms with Crippen LogP contribution in [-0.4, -0.2) is 10.5 Å². The van der Waals surface area contributed by atoms with Crippen LogP contribution in [0.2, 0.25) is 0 Å². The molecule has 1 fully saturated rings. The van der Waals surface area contributed by atoms with Gasteiger partial charge in [0, 0.05) is 17.3 Å². The van der Waals surface area contributed by atoms with Crippen molar-refractivity contribution in [1.29, 1.82) is 0 Å². The molecule has 17 heavy (non-hydrogen) atoms. The van der Waals surface area contributed by atoms with Crippen LogP contribution >= 0.6 is 11.3 Å². The Morgan fingerprint density at radius 1 is 1.41 bits per heavy atom. The van der Waals surface area contributed by atoms with E-state index >= 15 is 0 Å². The van der Waals surface area contributed by atoms with Gasteiger partial charge in [-0.3, -0.25) is 0 Å². The molecule has 1 aliphatic carbocycles. The first-order valence-corrected chi connectivity index (χ1v) is 7.47. The zero-order valence-electron chi connectivity index (χ0n) is 11.3. The van der Waals surface area contributed by atoms with E-state index in [2.05, 4.69) is 26.2 Å². The smallest absolute Gasteiger partial charge is 0.0928 e. The Kier molecular flexibility index (Phi) is 3.60. The minimum atomic E-state index is 0.0649. The van der Waals surface area contributed by atoms with E-state index in [-0.39, 0.29) is 5.54 Å². The lowest BCUT2D eigenvalue weighted by atomic mass is 9.75. The lowest BCUT2D eigenvalue weighted by molar-refractivity contribution is 0.246. The maximum Gasteiger partial charge on any atom is 0.0928 e. The van der Waals surface area contributed by atoms with Crippen molar-refractivity contribution in [2.45, 2.75) is 64.8 Å². The molecule has 2 nitrogen and oxygen atoms in total. The van der Waals surface area contributed by atoms with E-state index in [9.17, 15) is 0 Å². The summed E-state index contributed by atoms with van der Waals surface area (Å²) in [5.74, 6) is 0. The molecular formula is C14H24N2S. The monoisotopic (exact) mass is 252 g/mol. The third kappa shape index (κ3) is 3.78. The van der Waals surface area contributed by atoms with Crippen molar-refractivity contribution in [3.63, 3.8) is 0 Å². The van der Waals surface area contributed by atoms with Gasteiger partial charge in [0.1, 0.15) is 0 Å². The maximum absolute atomic E-state index is 6.25. The summed E-state index contributed by atoms with van der Waals surface area (Å²) in [6.07, 6.45) is 6.90. The molecule has 0 unspecified atom stereocenters. The van der Waals surface area contributed by atoms with Gasteiger partial charge in [-0.05, 0) is 37.5 Å². The molecule has 2 rings (SSSR count). The van der Waals surface area contributed by atoms with Gasteiger partial charge in [-0.25, -0.2) is 4.98 Å². The third-order valence-electron chi connectivity index (χ3n) is 3.57. The van der Waals surface area contributed by atoms with E-state index in [0.717, 1.165) is 12.8 Å². The molecule has 0 aromatic carbocycles. The molecule has 0 bridgehead atoms. The SMILES string of the molecule is CC(C)(C)CCc1nc(CC2(N)CCC2)cs1. The van der Waals surface area contributed by atoms with Crippen molar-refractivity contribution in [1.82, 2.24) is 4.98 Å². The number of hydrogen-bond acceptors (Lipinski definition) is 3. The summed E-state index contributed by atoms with van der Waals surface area (Å²) in [5.41, 5.74) is 7.92. The molecule has 1 aromatic rings. The standard InChI is InChI=1S/C14H24N2S/c1-13(2,3)8-5-12-16-11(10-17-12)9-14(15)6-4-7-14/h10H,4-9,15H2,1-3H3. The molecule has 1 aliphatic rings.